The van der Waals surface area contributed by atoms with Crippen molar-refractivity contribution in [2.45, 2.75) is 67.2 Å². The molecule has 0 fully saturated rings. The van der Waals surface area contributed by atoms with E-state index >= 15 is 0 Å². The van der Waals surface area contributed by atoms with Crippen LogP contribution in [-0.2, 0) is 0 Å². The molecule has 0 aromatic rings. The van der Waals surface area contributed by atoms with Crippen LogP contribution in [0.1, 0.15) is 67.2 Å². The summed E-state index contributed by atoms with van der Waals surface area (Å²) in [6.07, 6.45) is 4.88. The van der Waals surface area contributed by atoms with Crippen molar-refractivity contribution < 1.29 is 0 Å². The molecule has 0 aliphatic heterocycles. The molecule has 0 radical (unpaired) electrons. The van der Waals surface area contributed by atoms with Crippen molar-refractivity contribution in [1.82, 2.24) is 5.32 Å². The summed E-state index contributed by atoms with van der Waals surface area (Å²) in [6.45, 7) is 19.0. The second-order valence-corrected chi connectivity index (χ2v) is 8.33. The van der Waals surface area contributed by atoms with E-state index < -0.39 is 0 Å². The van der Waals surface area contributed by atoms with Gasteiger partial charge in [-0.1, -0.05) is 54.5 Å². The first-order chi connectivity index (χ1) is 8.72. The molecule has 0 rings (SSSR count). The summed E-state index contributed by atoms with van der Waals surface area (Å²) in [4.78, 5) is 0. The summed E-state index contributed by atoms with van der Waals surface area (Å²) in [5.41, 5.74) is 2.08. The molecule has 0 unspecified atom stereocenters. The molecule has 0 aromatic heterocycles. The molecule has 0 atom stereocenters. The topological polar surface area (TPSA) is 12.0 Å². The number of allylic oxidation sites excluding steroid dienone is 1. The highest BCUT2D eigenvalue weighted by molar-refractivity contribution is 7.99. The SMILES string of the molecule is C=C(CCSCCC(C)(C)CC)NCC(C)(C)CC. The van der Waals surface area contributed by atoms with E-state index in [0.29, 0.717) is 10.8 Å². The Hall–Kier alpha value is -0.110. The molecule has 1 nitrogen and oxygen atoms in total. The number of nitrogens with one attached hydrogen (secondary N) is 1. The molecule has 1 N–H and O–H groups in total. The summed E-state index contributed by atoms with van der Waals surface area (Å²) < 4.78 is 0. The van der Waals surface area contributed by atoms with Gasteiger partial charge in [0.25, 0.3) is 0 Å². The smallest absolute Gasteiger partial charge is 0.0194 e. The van der Waals surface area contributed by atoms with E-state index in [2.05, 4.69) is 65.2 Å². The average molecular weight is 286 g/mol. The molecule has 0 bridgehead atoms. The maximum absolute atomic E-state index is 4.13. The van der Waals surface area contributed by atoms with E-state index in [1.165, 1.54) is 36.5 Å². The molecule has 114 valence electrons. The summed E-state index contributed by atoms with van der Waals surface area (Å²) in [6, 6.07) is 0. The van der Waals surface area contributed by atoms with Crippen molar-refractivity contribution in [2.24, 2.45) is 10.8 Å². The Morgan fingerprint density at radius 3 is 2.11 bits per heavy atom. The van der Waals surface area contributed by atoms with E-state index in [4.69, 9.17) is 0 Å². The van der Waals surface area contributed by atoms with Gasteiger partial charge in [0.05, 0.1) is 0 Å². The minimum atomic E-state index is 0.376. The average Bonchev–Trinajstić information content (AvgIpc) is 2.36. The number of hydrogen-bond donors (Lipinski definition) is 1. The zero-order chi connectivity index (χ0) is 14.9. The lowest BCUT2D eigenvalue weighted by molar-refractivity contribution is 0.339. The standard InChI is InChI=1S/C17H35NS/c1-8-16(4,5)11-13-19-12-10-15(3)18-14-17(6,7)9-2/h18H,3,8-14H2,1-2,4-7H3. The van der Waals surface area contributed by atoms with Gasteiger partial charge in [0.2, 0.25) is 0 Å². The molecule has 0 aromatic carbocycles. The summed E-state index contributed by atoms with van der Waals surface area (Å²) >= 11 is 2.06. The normalized spacial score (nSPS) is 12.5. The first kappa shape index (κ1) is 18.9. The van der Waals surface area contributed by atoms with Crippen molar-refractivity contribution in [2.75, 3.05) is 18.1 Å². The van der Waals surface area contributed by atoms with Crippen LogP contribution in [0.2, 0.25) is 0 Å². The van der Waals surface area contributed by atoms with Gasteiger partial charge >= 0.3 is 0 Å². The van der Waals surface area contributed by atoms with E-state index in [1.54, 1.807) is 0 Å². The quantitative estimate of drug-likeness (QED) is 0.505. The highest BCUT2D eigenvalue weighted by Crippen LogP contribution is 2.26. The van der Waals surface area contributed by atoms with Crippen LogP contribution in [-0.4, -0.2) is 18.1 Å². The Bertz CT molecular complexity index is 256. The van der Waals surface area contributed by atoms with Gasteiger partial charge in [0.15, 0.2) is 0 Å². The fraction of sp³-hybridized carbons (Fsp3) is 0.882. The molecule has 0 heterocycles. The Kier molecular flexibility index (Phi) is 8.89. The Balaban J connectivity index is 3.60. The fourth-order valence-electron chi connectivity index (χ4n) is 1.40. The highest BCUT2D eigenvalue weighted by atomic mass is 32.2. The lowest BCUT2D eigenvalue weighted by atomic mass is 9.87. The van der Waals surface area contributed by atoms with E-state index in [1.807, 2.05) is 0 Å². The van der Waals surface area contributed by atoms with Crippen LogP contribution >= 0.6 is 11.8 Å². The van der Waals surface area contributed by atoms with E-state index in [0.717, 1.165) is 13.0 Å². The van der Waals surface area contributed by atoms with Gasteiger partial charge in [-0.2, -0.15) is 11.8 Å². The van der Waals surface area contributed by atoms with Crippen molar-refractivity contribution in [3.8, 4) is 0 Å². The van der Waals surface area contributed by atoms with Crippen LogP contribution < -0.4 is 5.32 Å². The minimum absolute atomic E-state index is 0.376. The minimum Gasteiger partial charge on any atom is -0.388 e. The van der Waals surface area contributed by atoms with Crippen molar-refractivity contribution in [1.29, 1.82) is 0 Å². The maximum atomic E-state index is 4.13. The van der Waals surface area contributed by atoms with Gasteiger partial charge in [-0.3, -0.25) is 0 Å². The first-order valence-corrected chi connectivity index (χ1v) is 8.87. The Morgan fingerprint density at radius 2 is 1.58 bits per heavy atom. The Morgan fingerprint density at radius 1 is 1.00 bits per heavy atom. The van der Waals surface area contributed by atoms with Crippen LogP contribution in [0.15, 0.2) is 12.3 Å². The van der Waals surface area contributed by atoms with E-state index in [-0.39, 0.29) is 0 Å². The van der Waals surface area contributed by atoms with Crippen LogP contribution in [0.25, 0.3) is 0 Å². The summed E-state index contributed by atoms with van der Waals surface area (Å²) in [5, 5.41) is 3.48. The molecule has 0 aliphatic rings. The highest BCUT2D eigenvalue weighted by Gasteiger charge is 2.15. The molecular formula is C17H35NS. The van der Waals surface area contributed by atoms with Crippen molar-refractivity contribution in [3.05, 3.63) is 12.3 Å². The molecule has 0 aliphatic carbocycles. The summed E-state index contributed by atoms with van der Waals surface area (Å²) in [5.74, 6) is 2.47. The predicted octanol–water partition coefficient (Wildman–Crippen LogP) is 5.48. The zero-order valence-electron chi connectivity index (χ0n) is 14.1. The maximum Gasteiger partial charge on any atom is 0.0194 e. The van der Waals surface area contributed by atoms with Crippen molar-refractivity contribution >= 4 is 11.8 Å². The van der Waals surface area contributed by atoms with Crippen LogP contribution in [0.5, 0.6) is 0 Å². The van der Waals surface area contributed by atoms with Gasteiger partial charge in [-0.15, -0.1) is 0 Å². The van der Waals surface area contributed by atoms with Gasteiger partial charge in [0.1, 0.15) is 0 Å². The first-order valence-electron chi connectivity index (χ1n) is 7.72. The molecule has 2 heteroatoms. The lowest BCUT2D eigenvalue weighted by Crippen LogP contribution is -2.28. The fourth-order valence-corrected chi connectivity index (χ4v) is 2.69. The van der Waals surface area contributed by atoms with Crippen LogP contribution in [0, 0.1) is 10.8 Å². The van der Waals surface area contributed by atoms with Gasteiger partial charge in [0, 0.05) is 12.2 Å². The lowest BCUT2D eigenvalue weighted by Gasteiger charge is -2.24. The molecule has 0 spiro atoms. The third kappa shape index (κ3) is 10.4. The third-order valence-electron chi connectivity index (χ3n) is 4.20. The second-order valence-electron chi connectivity index (χ2n) is 7.11. The largest absolute Gasteiger partial charge is 0.388 e. The zero-order valence-corrected chi connectivity index (χ0v) is 14.9. The van der Waals surface area contributed by atoms with Crippen LogP contribution in [0.3, 0.4) is 0 Å². The molecule has 0 saturated heterocycles. The molecule has 19 heavy (non-hydrogen) atoms. The molecular weight excluding hydrogens is 250 g/mol. The third-order valence-corrected chi connectivity index (χ3v) is 5.19. The predicted molar refractivity (Wildman–Crippen MR) is 91.8 cm³/mol. The van der Waals surface area contributed by atoms with Gasteiger partial charge in [-0.05, 0) is 41.6 Å². The number of hydrogen-bond acceptors (Lipinski definition) is 2. The number of thioether (sulfide) groups is 1. The van der Waals surface area contributed by atoms with E-state index in [9.17, 15) is 0 Å². The van der Waals surface area contributed by atoms with Crippen molar-refractivity contribution in [3.63, 3.8) is 0 Å². The monoisotopic (exact) mass is 285 g/mol. The molecule has 0 saturated carbocycles. The molecule has 0 amide bonds. The number of rotatable bonds is 11. The summed E-state index contributed by atoms with van der Waals surface area (Å²) in [7, 11) is 0. The second kappa shape index (κ2) is 8.94. The van der Waals surface area contributed by atoms with Crippen LogP contribution in [0.4, 0.5) is 0 Å². The Labute approximate surface area is 126 Å². The van der Waals surface area contributed by atoms with Gasteiger partial charge < -0.3 is 5.32 Å². The van der Waals surface area contributed by atoms with Gasteiger partial charge in [-0.25, -0.2) is 0 Å².